The molecule has 1 fully saturated rings. The highest BCUT2D eigenvalue weighted by molar-refractivity contribution is 6.03. The number of benzene rings is 1. The number of rotatable bonds is 3. The number of carbonyl (C=O) groups is 2. The first kappa shape index (κ1) is 16.4. The number of pyridine rings is 1. The Morgan fingerprint density at radius 3 is 2.81 bits per heavy atom. The second-order valence-electron chi connectivity index (χ2n) is 6.44. The van der Waals surface area contributed by atoms with Gasteiger partial charge in [0.25, 0.3) is 0 Å². The molecule has 1 aromatic carbocycles. The van der Waals surface area contributed by atoms with Gasteiger partial charge in [-0.1, -0.05) is 0 Å². The minimum atomic E-state index is -0.419. The van der Waals surface area contributed by atoms with Gasteiger partial charge >= 0.3 is 0 Å². The van der Waals surface area contributed by atoms with Crippen LogP contribution in [0.5, 0.6) is 11.5 Å². The number of ether oxygens (including phenoxy) is 2. The van der Waals surface area contributed by atoms with E-state index < -0.39 is 5.92 Å². The molecule has 7 heteroatoms. The van der Waals surface area contributed by atoms with Crippen LogP contribution in [0.1, 0.15) is 12.0 Å². The molecule has 0 bridgehead atoms. The highest BCUT2D eigenvalue weighted by Crippen LogP contribution is 2.36. The fraction of sp³-hybridized carbons (Fsp3) is 0.316. The van der Waals surface area contributed by atoms with Gasteiger partial charge in [-0.05, 0) is 36.8 Å². The lowest BCUT2D eigenvalue weighted by Gasteiger charge is -2.22. The van der Waals surface area contributed by atoms with Crippen molar-refractivity contribution in [1.29, 1.82) is 0 Å². The third-order valence-corrected chi connectivity index (χ3v) is 4.50. The van der Waals surface area contributed by atoms with Gasteiger partial charge in [0, 0.05) is 30.9 Å². The first-order chi connectivity index (χ1) is 12.6. The summed E-state index contributed by atoms with van der Waals surface area (Å²) in [5, 5.41) is 2.79. The third-order valence-electron chi connectivity index (χ3n) is 4.50. The van der Waals surface area contributed by atoms with E-state index in [1.54, 1.807) is 29.3 Å². The lowest BCUT2D eigenvalue weighted by atomic mass is 10.1. The van der Waals surface area contributed by atoms with Gasteiger partial charge in [0.05, 0.1) is 5.92 Å². The summed E-state index contributed by atoms with van der Waals surface area (Å²) in [5.41, 5.74) is 1.72. The van der Waals surface area contributed by atoms with Crippen molar-refractivity contribution < 1.29 is 19.1 Å². The van der Waals surface area contributed by atoms with E-state index >= 15 is 0 Å². The van der Waals surface area contributed by atoms with Crippen LogP contribution in [0.3, 0.4) is 0 Å². The molecule has 4 rings (SSSR count). The standard InChI is InChI=1S/C19H19N3O4/c1-12-4-5-20-17(8-12)21-19(24)13-9-18(23)22(11-13)14-2-3-15-16(10-14)26-7-6-25-15/h2-5,8,10,13H,6-7,9,11H2,1H3,(H,20,21,24)/t13-/m0/s1. The SMILES string of the molecule is Cc1ccnc(NC(=O)[C@H]2CC(=O)N(c3ccc4c(c3)OCCO4)C2)c1. The predicted octanol–water partition coefficient (Wildman–Crippen LogP) is 2.15. The van der Waals surface area contributed by atoms with Crippen molar-refractivity contribution in [3.63, 3.8) is 0 Å². The van der Waals surface area contributed by atoms with Crippen molar-refractivity contribution in [3.8, 4) is 11.5 Å². The molecule has 1 aromatic heterocycles. The number of aryl methyl sites for hydroxylation is 1. The average Bonchev–Trinajstić information content (AvgIpc) is 3.03. The number of nitrogens with one attached hydrogen (secondary N) is 1. The Bertz CT molecular complexity index is 868. The Balaban J connectivity index is 1.47. The summed E-state index contributed by atoms with van der Waals surface area (Å²) < 4.78 is 11.1. The van der Waals surface area contributed by atoms with E-state index in [1.165, 1.54) is 0 Å². The van der Waals surface area contributed by atoms with Gasteiger partial charge in [-0.25, -0.2) is 4.98 Å². The molecular formula is C19H19N3O4. The number of fused-ring (bicyclic) bond motifs is 1. The zero-order valence-electron chi connectivity index (χ0n) is 14.4. The van der Waals surface area contributed by atoms with E-state index in [0.717, 1.165) is 5.56 Å². The summed E-state index contributed by atoms with van der Waals surface area (Å²) in [6, 6.07) is 9.05. The molecule has 2 aliphatic rings. The fourth-order valence-corrected chi connectivity index (χ4v) is 3.17. The van der Waals surface area contributed by atoms with Crippen molar-refractivity contribution in [1.82, 2.24) is 4.98 Å². The van der Waals surface area contributed by atoms with Crippen LogP contribution in [0.2, 0.25) is 0 Å². The Kier molecular flexibility index (Phi) is 4.20. The number of anilines is 2. The molecule has 7 nitrogen and oxygen atoms in total. The van der Waals surface area contributed by atoms with Crippen LogP contribution in [0.4, 0.5) is 11.5 Å². The summed E-state index contributed by atoms with van der Waals surface area (Å²) in [4.78, 5) is 30.7. The van der Waals surface area contributed by atoms with E-state index in [1.807, 2.05) is 19.1 Å². The Hall–Kier alpha value is -3.09. The van der Waals surface area contributed by atoms with Gasteiger partial charge in [0.1, 0.15) is 19.0 Å². The second kappa shape index (κ2) is 6.67. The molecule has 0 radical (unpaired) electrons. The quantitative estimate of drug-likeness (QED) is 0.914. The maximum Gasteiger partial charge on any atom is 0.230 e. The highest BCUT2D eigenvalue weighted by atomic mass is 16.6. The number of hydrogen-bond acceptors (Lipinski definition) is 5. The molecule has 2 aromatic rings. The van der Waals surface area contributed by atoms with Gasteiger partial charge < -0.3 is 19.7 Å². The zero-order valence-corrected chi connectivity index (χ0v) is 14.4. The monoisotopic (exact) mass is 353 g/mol. The van der Waals surface area contributed by atoms with Crippen LogP contribution in [0.25, 0.3) is 0 Å². The van der Waals surface area contributed by atoms with E-state index in [4.69, 9.17) is 9.47 Å². The van der Waals surface area contributed by atoms with Crippen LogP contribution in [0.15, 0.2) is 36.5 Å². The Labute approximate surface area is 150 Å². The topological polar surface area (TPSA) is 80.8 Å². The lowest BCUT2D eigenvalue weighted by Crippen LogP contribution is -2.28. The predicted molar refractivity (Wildman–Crippen MR) is 95.5 cm³/mol. The van der Waals surface area contributed by atoms with E-state index in [0.29, 0.717) is 42.8 Å². The minimum absolute atomic E-state index is 0.0842. The molecule has 0 saturated carbocycles. The Morgan fingerprint density at radius 1 is 1.19 bits per heavy atom. The molecule has 0 spiro atoms. The van der Waals surface area contributed by atoms with Gasteiger partial charge in [0.15, 0.2) is 11.5 Å². The molecule has 1 N–H and O–H groups in total. The number of carbonyl (C=O) groups excluding carboxylic acids is 2. The summed E-state index contributed by atoms with van der Waals surface area (Å²) in [7, 11) is 0. The summed E-state index contributed by atoms with van der Waals surface area (Å²) in [5.74, 6) is 1.10. The van der Waals surface area contributed by atoms with Crippen molar-refractivity contribution >= 4 is 23.3 Å². The molecule has 3 heterocycles. The van der Waals surface area contributed by atoms with Gasteiger partial charge in [0.2, 0.25) is 11.8 Å². The minimum Gasteiger partial charge on any atom is -0.486 e. The molecule has 1 saturated heterocycles. The smallest absolute Gasteiger partial charge is 0.230 e. The van der Waals surface area contributed by atoms with Crippen LogP contribution < -0.4 is 19.7 Å². The Morgan fingerprint density at radius 2 is 2.00 bits per heavy atom. The molecule has 26 heavy (non-hydrogen) atoms. The number of nitrogens with zero attached hydrogens (tertiary/aromatic N) is 2. The van der Waals surface area contributed by atoms with Crippen molar-refractivity contribution in [2.75, 3.05) is 30.0 Å². The number of aromatic nitrogens is 1. The van der Waals surface area contributed by atoms with E-state index in [-0.39, 0.29) is 18.2 Å². The third kappa shape index (κ3) is 3.20. The summed E-state index contributed by atoms with van der Waals surface area (Å²) in [6.07, 6.45) is 1.82. The average molecular weight is 353 g/mol. The molecule has 2 aliphatic heterocycles. The molecule has 0 aliphatic carbocycles. The second-order valence-corrected chi connectivity index (χ2v) is 6.44. The van der Waals surface area contributed by atoms with Gasteiger partial charge in [-0.3, -0.25) is 9.59 Å². The first-order valence-electron chi connectivity index (χ1n) is 8.54. The van der Waals surface area contributed by atoms with Gasteiger partial charge in [-0.15, -0.1) is 0 Å². The summed E-state index contributed by atoms with van der Waals surface area (Å²) in [6.45, 7) is 3.26. The first-order valence-corrected chi connectivity index (χ1v) is 8.54. The van der Waals surface area contributed by atoms with Crippen LogP contribution in [-0.4, -0.2) is 36.6 Å². The van der Waals surface area contributed by atoms with E-state index in [9.17, 15) is 9.59 Å². The highest BCUT2D eigenvalue weighted by Gasteiger charge is 2.35. The van der Waals surface area contributed by atoms with E-state index in [2.05, 4.69) is 10.3 Å². The van der Waals surface area contributed by atoms with Crippen LogP contribution >= 0.6 is 0 Å². The van der Waals surface area contributed by atoms with Gasteiger partial charge in [-0.2, -0.15) is 0 Å². The van der Waals surface area contributed by atoms with Crippen molar-refractivity contribution in [3.05, 3.63) is 42.1 Å². The van der Waals surface area contributed by atoms with Crippen LogP contribution in [-0.2, 0) is 9.59 Å². The number of hydrogen-bond donors (Lipinski definition) is 1. The molecule has 134 valence electrons. The van der Waals surface area contributed by atoms with Crippen molar-refractivity contribution in [2.24, 2.45) is 5.92 Å². The molecule has 1 atom stereocenters. The molecular weight excluding hydrogens is 334 g/mol. The lowest BCUT2D eigenvalue weighted by molar-refractivity contribution is -0.122. The fourth-order valence-electron chi connectivity index (χ4n) is 3.17. The molecule has 2 amide bonds. The maximum absolute atomic E-state index is 12.5. The zero-order chi connectivity index (χ0) is 18.1. The molecule has 0 unspecified atom stereocenters. The maximum atomic E-state index is 12.5. The van der Waals surface area contributed by atoms with Crippen LogP contribution in [0, 0.1) is 12.8 Å². The largest absolute Gasteiger partial charge is 0.486 e. The number of amides is 2. The van der Waals surface area contributed by atoms with Crippen molar-refractivity contribution in [2.45, 2.75) is 13.3 Å². The summed E-state index contributed by atoms with van der Waals surface area (Å²) >= 11 is 0. The normalized spacial score (nSPS) is 18.7.